The number of anilines is 1. The number of nitro groups is 1. The van der Waals surface area contributed by atoms with Gasteiger partial charge < -0.3 is 15.0 Å². The van der Waals surface area contributed by atoms with Gasteiger partial charge in [0.15, 0.2) is 0 Å². The highest BCUT2D eigenvalue weighted by Gasteiger charge is 2.41. The van der Waals surface area contributed by atoms with Crippen LogP contribution in [0.1, 0.15) is 17.5 Å². The van der Waals surface area contributed by atoms with Gasteiger partial charge in [-0.25, -0.2) is 0 Å². The van der Waals surface area contributed by atoms with E-state index in [9.17, 15) is 14.9 Å². The smallest absolute Gasteiger partial charge is 0.269 e. The van der Waals surface area contributed by atoms with Crippen LogP contribution in [0.2, 0.25) is 5.02 Å². The average molecular weight is 473 g/mol. The summed E-state index contributed by atoms with van der Waals surface area (Å²) in [4.78, 5) is 28.8. The van der Waals surface area contributed by atoms with Crippen molar-refractivity contribution in [2.75, 3.05) is 44.8 Å². The van der Waals surface area contributed by atoms with E-state index >= 15 is 0 Å². The van der Waals surface area contributed by atoms with E-state index in [1.54, 1.807) is 19.2 Å². The molecule has 1 N–H and O–H groups in total. The number of piperazine rings is 1. The lowest BCUT2D eigenvalue weighted by molar-refractivity contribution is -0.384. The maximum atomic E-state index is 13.2. The van der Waals surface area contributed by atoms with E-state index < -0.39 is 0 Å². The number of carbonyl (C=O) groups is 1. The van der Waals surface area contributed by atoms with Crippen LogP contribution in [0.25, 0.3) is 0 Å². The molecule has 0 radical (unpaired) electrons. The third-order valence-electron chi connectivity index (χ3n) is 6.47. The molecule has 4 rings (SSSR count). The molecule has 176 valence electrons. The molecule has 1 fully saturated rings. The van der Waals surface area contributed by atoms with Crippen molar-refractivity contribution in [1.29, 1.82) is 0 Å². The molecule has 0 bridgehead atoms. The first-order valence-corrected chi connectivity index (χ1v) is 11.6. The number of non-ortho nitro benzene ring substituents is 1. The number of rotatable bonds is 8. The van der Waals surface area contributed by atoms with Crippen LogP contribution in [0.3, 0.4) is 0 Å². The summed E-state index contributed by atoms with van der Waals surface area (Å²) in [6, 6.07) is 12.9. The zero-order valence-corrected chi connectivity index (χ0v) is 19.5. The summed E-state index contributed by atoms with van der Waals surface area (Å²) in [5, 5.41) is 15.1. The number of nitrogens with one attached hydrogen (secondary N) is 1. The molecule has 1 saturated heterocycles. The zero-order valence-electron chi connectivity index (χ0n) is 18.7. The summed E-state index contributed by atoms with van der Waals surface area (Å²) in [5.41, 5.74) is 3.11. The van der Waals surface area contributed by atoms with E-state index in [2.05, 4.69) is 15.1 Å². The van der Waals surface area contributed by atoms with Gasteiger partial charge in [0.2, 0.25) is 5.91 Å². The Balaban J connectivity index is 1.55. The Labute approximate surface area is 198 Å². The Morgan fingerprint density at radius 3 is 2.76 bits per heavy atom. The second kappa shape index (κ2) is 10.5. The molecule has 2 aliphatic rings. The number of hydrogen-bond donors (Lipinski definition) is 1. The minimum atomic E-state index is -0.379. The van der Waals surface area contributed by atoms with Crippen LogP contribution in [0, 0.1) is 16.0 Å². The van der Waals surface area contributed by atoms with E-state index in [-0.39, 0.29) is 28.5 Å². The summed E-state index contributed by atoms with van der Waals surface area (Å²) in [6.45, 7) is 4.27. The van der Waals surface area contributed by atoms with Crippen molar-refractivity contribution in [3.05, 3.63) is 68.7 Å². The summed E-state index contributed by atoms with van der Waals surface area (Å²) in [6.07, 6.45) is 1.23. The van der Waals surface area contributed by atoms with Gasteiger partial charge >= 0.3 is 0 Å². The van der Waals surface area contributed by atoms with Crippen LogP contribution in [-0.4, -0.2) is 61.7 Å². The van der Waals surface area contributed by atoms with Gasteiger partial charge in [-0.2, -0.15) is 0 Å². The number of nitrogens with zero attached hydrogens (tertiary/aromatic N) is 3. The third kappa shape index (κ3) is 5.46. The van der Waals surface area contributed by atoms with Crippen molar-refractivity contribution >= 4 is 28.9 Å². The fourth-order valence-electron chi connectivity index (χ4n) is 4.83. The first-order valence-electron chi connectivity index (χ1n) is 11.2. The average Bonchev–Trinajstić information content (AvgIpc) is 2.82. The molecule has 2 heterocycles. The molecule has 0 saturated carbocycles. The highest BCUT2D eigenvalue weighted by molar-refractivity contribution is 6.30. The minimum Gasteiger partial charge on any atom is -0.385 e. The first-order chi connectivity index (χ1) is 16.0. The Bertz CT molecular complexity index is 1000. The summed E-state index contributed by atoms with van der Waals surface area (Å²) in [5.74, 6) is -0.290. The normalized spacial score (nSPS) is 20.1. The fraction of sp³-hybridized carbons (Fsp3) is 0.458. The molecule has 2 aromatic carbocycles. The monoisotopic (exact) mass is 472 g/mol. The molecular weight excluding hydrogens is 444 g/mol. The third-order valence-corrected chi connectivity index (χ3v) is 6.72. The zero-order chi connectivity index (χ0) is 23.4. The molecule has 9 heteroatoms. The van der Waals surface area contributed by atoms with Crippen LogP contribution >= 0.6 is 11.6 Å². The topological polar surface area (TPSA) is 87.9 Å². The number of hydrogen-bond acceptors (Lipinski definition) is 6. The van der Waals surface area contributed by atoms with Gasteiger partial charge in [0.25, 0.3) is 5.69 Å². The lowest BCUT2D eigenvalue weighted by Crippen LogP contribution is -2.60. The van der Waals surface area contributed by atoms with Crippen LogP contribution in [0.15, 0.2) is 42.5 Å². The predicted molar refractivity (Wildman–Crippen MR) is 128 cm³/mol. The van der Waals surface area contributed by atoms with Gasteiger partial charge in [-0.1, -0.05) is 23.7 Å². The summed E-state index contributed by atoms with van der Waals surface area (Å²) in [7, 11) is 1.64. The first kappa shape index (κ1) is 23.5. The minimum absolute atomic E-state index is 0.00225. The molecule has 0 unspecified atom stereocenters. The second-order valence-electron chi connectivity index (χ2n) is 8.64. The van der Waals surface area contributed by atoms with Crippen LogP contribution in [0.4, 0.5) is 11.4 Å². The van der Waals surface area contributed by atoms with Crippen LogP contribution in [0.5, 0.6) is 0 Å². The molecule has 0 aliphatic carbocycles. The van der Waals surface area contributed by atoms with Gasteiger partial charge in [-0.15, -0.1) is 0 Å². The van der Waals surface area contributed by atoms with Crippen molar-refractivity contribution in [2.24, 2.45) is 5.92 Å². The van der Waals surface area contributed by atoms with Crippen LogP contribution < -0.4 is 10.2 Å². The quantitative estimate of drug-likeness (QED) is 0.360. The number of halogens is 1. The van der Waals surface area contributed by atoms with E-state index in [4.69, 9.17) is 16.3 Å². The van der Waals surface area contributed by atoms with Gasteiger partial charge in [-0.05, 0) is 42.2 Å². The number of nitro benzene ring substituents is 1. The van der Waals surface area contributed by atoms with Crippen molar-refractivity contribution in [3.8, 4) is 0 Å². The highest BCUT2D eigenvalue weighted by atomic mass is 35.5. The molecule has 2 atom stereocenters. The van der Waals surface area contributed by atoms with Crippen molar-refractivity contribution < 1.29 is 14.5 Å². The predicted octanol–water partition coefficient (Wildman–Crippen LogP) is 3.26. The van der Waals surface area contributed by atoms with E-state index in [1.807, 2.05) is 30.3 Å². The Morgan fingerprint density at radius 1 is 1.24 bits per heavy atom. The number of ether oxygens (including phenoxy) is 1. The summed E-state index contributed by atoms with van der Waals surface area (Å²) < 4.78 is 5.08. The number of amides is 1. The van der Waals surface area contributed by atoms with E-state index in [1.165, 1.54) is 5.56 Å². The maximum Gasteiger partial charge on any atom is 0.269 e. The molecule has 2 aliphatic heterocycles. The Morgan fingerprint density at radius 2 is 2.03 bits per heavy atom. The van der Waals surface area contributed by atoms with Gasteiger partial charge in [0.05, 0.1) is 16.9 Å². The fourth-order valence-corrected chi connectivity index (χ4v) is 4.96. The van der Waals surface area contributed by atoms with Gasteiger partial charge in [-0.3, -0.25) is 19.8 Å². The molecule has 1 amide bonds. The number of carbonyl (C=O) groups excluding carboxylic acids is 1. The maximum absolute atomic E-state index is 13.2. The molecule has 33 heavy (non-hydrogen) atoms. The van der Waals surface area contributed by atoms with Crippen molar-refractivity contribution in [1.82, 2.24) is 10.2 Å². The lowest BCUT2D eigenvalue weighted by atomic mass is 9.83. The van der Waals surface area contributed by atoms with E-state index in [0.717, 1.165) is 43.9 Å². The largest absolute Gasteiger partial charge is 0.385 e. The van der Waals surface area contributed by atoms with Crippen LogP contribution in [-0.2, 0) is 22.5 Å². The Kier molecular flexibility index (Phi) is 7.47. The molecule has 0 spiro atoms. The van der Waals surface area contributed by atoms with Gasteiger partial charge in [0.1, 0.15) is 0 Å². The standard InChI is InChI=1S/C24H29ClN4O4/c1-33-12-2-9-26-24(30)21-14-18-13-20(29(31)32)7-8-22(18)28-11-10-27(16-23(21)28)15-17-3-5-19(25)6-4-17/h3-8,13,21,23H,2,9-12,14-16H2,1H3,(H,26,30)/t21-,23+/m1/s1. The summed E-state index contributed by atoms with van der Waals surface area (Å²) >= 11 is 6.02. The molecule has 0 aromatic heterocycles. The van der Waals surface area contributed by atoms with Gasteiger partial charge in [0, 0.05) is 69.3 Å². The second-order valence-corrected chi connectivity index (χ2v) is 9.08. The highest BCUT2D eigenvalue weighted by Crippen LogP contribution is 2.38. The van der Waals surface area contributed by atoms with E-state index in [0.29, 0.717) is 24.6 Å². The number of methoxy groups -OCH3 is 1. The van der Waals surface area contributed by atoms with Crippen molar-refractivity contribution in [3.63, 3.8) is 0 Å². The Hall–Kier alpha value is -2.68. The number of fused-ring (bicyclic) bond motifs is 3. The SMILES string of the molecule is COCCCNC(=O)[C@@H]1Cc2cc([N+](=O)[O-])ccc2N2CCN(Cc3ccc(Cl)cc3)C[C@@H]12. The lowest BCUT2D eigenvalue weighted by Gasteiger charge is -2.49. The van der Waals surface area contributed by atoms with Crippen molar-refractivity contribution in [2.45, 2.75) is 25.4 Å². The number of benzene rings is 2. The molecule has 2 aromatic rings. The molecular formula is C24H29ClN4O4. The molecule has 8 nitrogen and oxygen atoms in total.